The van der Waals surface area contributed by atoms with E-state index in [1.54, 1.807) is 0 Å². The molecule has 1 aromatic carbocycles. The van der Waals surface area contributed by atoms with Gasteiger partial charge in [0.2, 0.25) is 0 Å². The fraction of sp³-hybridized carbons (Fsp3) is 0.440. The summed E-state index contributed by atoms with van der Waals surface area (Å²) in [6.45, 7) is 8.31. The predicted octanol–water partition coefficient (Wildman–Crippen LogP) is 4.27. The number of aromatic hydroxyl groups is 1. The summed E-state index contributed by atoms with van der Waals surface area (Å²) in [6.07, 6.45) is 3.41. The van der Waals surface area contributed by atoms with Crippen molar-refractivity contribution in [2.24, 2.45) is 17.8 Å². The Kier molecular flexibility index (Phi) is 5.90. The highest BCUT2D eigenvalue weighted by atomic mass is 16.5. The minimum Gasteiger partial charge on any atom is -0.503 e. The highest BCUT2D eigenvalue weighted by molar-refractivity contribution is 5.95. The van der Waals surface area contributed by atoms with Crippen molar-refractivity contribution in [3.05, 3.63) is 66.2 Å². The van der Waals surface area contributed by atoms with Crippen LogP contribution >= 0.6 is 0 Å². The molecule has 6 nitrogen and oxygen atoms in total. The summed E-state index contributed by atoms with van der Waals surface area (Å²) in [5.74, 6) is 1.57. The minimum absolute atomic E-state index is 0.00166. The topological polar surface area (TPSA) is 80.7 Å². The highest BCUT2D eigenvalue weighted by Crippen LogP contribution is 2.59. The number of ether oxygens (including phenoxy) is 2. The first kappa shape index (κ1) is 21.2. The van der Waals surface area contributed by atoms with Gasteiger partial charge in [-0.1, -0.05) is 36.9 Å². The van der Waals surface area contributed by atoms with E-state index in [1.165, 1.54) is 24.9 Å². The molecule has 2 fully saturated rings. The standard InChI is InChI=1S/C25H30N2O4/c1-14(2)31-15(3)21-17-12-18(22(21)16-8-6-5-7-9-16)19(13-17)27-25(29)23-24(28)20(30-4)10-11-26-23/h5-11,14,17-19,21-22,28H,3,12-13H2,1-2,4H3,(H,27,29)/t17?,18?,19-,21-,22-/m1/s1. The maximum absolute atomic E-state index is 12.9. The van der Waals surface area contributed by atoms with Gasteiger partial charge in [-0.3, -0.25) is 4.79 Å². The van der Waals surface area contributed by atoms with Crippen LogP contribution in [0.15, 0.2) is 54.9 Å². The number of rotatable bonds is 7. The molecule has 164 valence electrons. The molecule has 2 unspecified atom stereocenters. The number of amides is 1. The number of aromatic nitrogens is 1. The zero-order valence-electron chi connectivity index (χ0n) is 18.2. The molecule has 0 spiro atoms. The average molecular weight is 423 g/mol. The van der Waals surface area contributed by atoms with E-state index in [2.05, 4.69) is 41.1 Å². The van der Waals surface area contributed by atoms with Crippen molar-refractivity contribution < 1.29 is 19.4 Å². The molecule has 5 atom stereocenters. The van der Waals surface area contributed by atoms with Crippen molar-refractivity contribution in [2.45, 2.75) is 44.8 Å². The molecule has 6 heteroatoms. The molecule has 31 heavy (non-hydrogen) atoms. The summed E-state index contributed by atoms with van der Waals surface area (Å²) in [4.78, 5) is 17.0. The molecule has 0 saturated heterocycles. The van der Waals surface area contributed by atoms with Gasteiger partial charge in [0.25, 0.3) is 5.91 Å². The van der Waals surface area contributed by atoms with E-state index in [0.717, 1.165) is 18.6 Å². The SMILES string of the molecule is C=C(OC(C)C)[C@@H]1C2CC([C@H]1c1ccccc1)[C@H](NC(=O)c1nccc(OC)c1O)C2. The first-order valence-corrected chi connectivity index (χ1v) is 10.8. The molecule has 2 bridgehead atoms. The third kappa shape index (κ3) is 3.99. The fourth-order valence-corrected chi connectivity index (χ4v) is 5.50. The van der Waals surface area contributed by atoms with Gasteiger partial charge in [-0.25, -0.2) is 4.98 Å². The summed E-state index contributed by atoms with van der Waals surface area (Å²) < 4.78 is 11.1. The van der Waals surface area contributed by atoms with Crippen LogP contribution in [0.2, 0.25) is 0 Å². The number of carbonyl (C=O) groups excluding carboxylic acids is 1. The largest absolute Gasteiger partial charge is 0.503 e. The molecule has 1 heterocycles. The van der Waals surface area contributed by atoms with Crippen molar-refractivity contribution in [1.82, 2.24) is 10.3 Å². The fourth-order valence-electron chi connectivity index (χ4n) is 5.50. The number of fused-ring (bicyclic) bond motifs is 2. The van der Waals surface area contributed by atoms with Crippen molar-refractivity contribution in [2.75, 3.05) is 7.11 Å². The second-order valence-corrected chi connectivity index (χ2v) is 8.78. The summed E-state index contributed by atoms with van der Waals surface area (Å²) in [6, 6.07) is 11.9. The van der Waals surface area contributed by atoms with Crippen molar-refractivity contribution in [3.8, 4) is 11.5 Å². The summed E-state index contributed by atoms with van der Waals surface area (Å²) >= 11 is 0. The third-order valence-electron chi connectivity index (χ3n) is 6.59. The summed E-state index contributed by atoms with van der Waals surface area (Å²) in [5.41, 5.74) is 1.23. The normalized spacial score (nSPS) is 26.6. The lowest BCUT2D eigenvalue weighted by molar-refractivity contribution is 0.0844. The van der Waals surface area contributed by atoms with Crippen molar-refractivity contribution in [3.63, 3.8) is 0 Å². The Bertz CT molecular complexity index is 959. The number of methoxy groups -OCH3 is 1. The minimum atomic E-state index is -0.380. The van der Waals surface area contributed by atoms with Gasteiger partial charge >= 0.3 is 0 Å². The molecule has 0 radical (unpaired) electrons. The van der Waals surface area contributed by atoms with Crippen LogP contribution in [0.4, 0.5) is 0 Å². The lowest BCUT2D eigenvalue weighted by Crippen LogP contribution is -2.43. The molecule has 0 aliphatic heterocycles. The van der Waals surface area contributed by atoms with Gasteiger partial charge in [-0.05, 0) is 50.0 Å². The third-order valence-corrected chi connectivity index (χ3v) is 6.59. The number of nitrogens with one attached hydrogen (secondary N) is 1. The average Bonchev–Trinajstić information content (AvgIpc) is 3.32. The quantitative estimate of drug-likeness (QED) is 0.651. The molecule has 2 N–H and O–H groups in total. The lowest BCUT2D eigenvalue weighted by Gasteiger charge is -2.37. The van der Waals surface area contributed by atoms with Gasteiger partial charge < -0.3 is 19.9 Å². The number of pyridine rings is 1. The molecule has 2 aromatic rings. The van der Waals surface area contributed by atoms with Crippen molar-refractivity contribution >= 4 is 5.91 Å². The monoisotopic (exact) mass is 422 g/mol. The Morgan fingerprint density at radius 3 is 2.65 bits per heavy atom. The molecule has 4 rings (SSSR count). The smallest absolute Gasteiger partial charge is 0.274 e. The van der Waals surface area contributed by atoms with Crippen LogP contribution in [0.1, 0.15) is 48.7 Å². The Labute approximate surface area is 183 Å². The van der Waals surface area contributed by atoms with E-state index in [-0.39, 0.29) is 53.0 Å². The number of allylic oxidation sites excluding steroid dienone is 1. The van der Waals surface area contributed by atoms with Gasteiger partial charge in [0.05, 0.1) is 19.0 Å². The Morgan fingerprint density at radius 2 is 1.97 bits per heavy atom. The van der Waals surface area contributed by atoms with Crippen LogP contribution < -0.4 is 10.1 Å². The number of hydrogen-bond donors (Lipinski definition) is 2. The van der Waals surface area contributed by atoms with Crippen LogP contribution in [0.3, 0.4) is 0 Å². The van der Waals surface area contributed by atoms with E-state index >= 15 is 0 Å². The Hall–Kier alpha value is -3.02. The van der Waals surface area contributed by atoms with Gasteiger partial charge in [0, 0.05) is 24.2 Å². The van der Waals surface area contributed by atoms with Crippen LogP contribution in [-0.4, -0.2) is 35.3 Å². The van der Waals surface area contributed by atoms with Crippen LogP contribution in [0.25, 0.3) is 0 Å². The summed E-state index contributed by atoms with van der Waals surface area (Å²) in [5, 5.41) is 13.4. The lowest BCUT2D eigenvalue weighted by atomic mass is 9.72. The first-order valence-electron chi connectivity index (χ1n) is 10.8. The second-order valence-electron chi connectivity index (χ2n) is 8.78. The number of carbonyl (C=O) groups is 1. The first-order chi connectivity index (χ1) is 14.9. The number of benzene rings is 1. The maximum atomic E-state index is 12.9. The molecule has 1 amide bonds. The zero-order valence-corrected chi connectivity index (χ0v) is 18.2. The maximum Gasteiger partial charge on any atom is 0.274 e. The van der Waals surface area contributed by atoms with Gasteiger partial charge in [0.15, 0.2) is 17.2 Å². The van der Waals surface area contributed by atoms with E-state index in [1.807, 2.05) is 19.9 Å². The summed E-state index contributed by atoms with van der Waals surface area (Å²) in [7, 11) is 1.45. The van der Waals surface area contributed by atoms with E-state index in [0.29, 0.717) is 5.92 Å². The number of hydrogen-bond acceptors (Lipinski definition) is 5. The molecule has 2 aliphatic rings. The van der Waals surface area contributed by atoms with E-state index < -0.39 is 0 Å². The van der Waals surface area contributed by atoms with E-state index in [4.69, 9.17) is 9.47 Å². The second kappa shape index (κ2) is 8.61. The molecular weight excluding hydrogens is 392 g/mol. The van der Waals surface area contributed by atoms with Crippen molar-refractivity contribution in [1.29, 1.82) is 0 Å². The van der Waals surface area contributed by atoms with Gasteiger partial charge in [-0.2, -0.15) is 0 Å². The predicted molar refractivity (Wildman–Crippen MR) is 118 cm³/mol. The van der Waals surface area contributed by atoms with Crippen LogP contribution in [0, 0.1) is 17.8 Å². The Balaban J connectivity index is 1.58. The number of nitrogens with zero attached hydrogens (tertiary/aromatic N) is 1. The molecule has 1 aromatic heterocycles. The molecule has 2 saturated carbocycles. The van der Waals surface area contributed by atoms with Crippen LogP contribution in [-0.2, 0) is 4.74 Å². The van der Waals surface area contributed by atoms with E-state index in [9.17, 15) is 9.90 Å². The van der Waals surface area contributed by atoms with Crippen LogP contribution in [0.5, 0.6) is 11.5 Å². The molecule has 2 aliphatic carbocycles. The zero-order chi connectivity index (χ0) is 22.1. The van der Waals surface area contributed by atoms with Gasteiger partial charge in [0.1, 0.15) is 0 Å². The highest BCUT2D eigenvalue weighted by Gasteiger charge is 2.55. The van der Waals surface area contributed by atoms with Gasteiger partial charge in [-0.15, -0.1) is 0 Å². The molecular formula is C25H30N2O4. The Morgan fingerprint density at radius 1 is 1.23 bits per heavy atom.